The highest BCUT2D eigenvalue weighted by Crippen LogP contribution is 2.28. The molecule has 3 rings (SSSR count). The second-order valence-corrected chi connectivity index (χ2v) is 5.27. The topological polar surface area (TPSA) is 42.2 Å². The number of hydrogen-bond acceptors (Lipinski definition) is 3. The van der Waals surface area contributed by atoms with E-state index in [1.165, 1.54) is 0 Å². The smallest absolute Gasteiger partial charge is 0.165 e. The van der Waals surface area contributed by atoms with Crippen LogP contribution in [0.4, 0.5) is 5.82 Å². The van der Waals surface area contributed by atoms with E-state index < -0.39 is 0 Å². The molecule has 0 saturated heterocycles. The first-order valence-corrected chi connectivity index (χ1v) is 7.37. The Morgan fingerprint density at radius 1 is 1.14 bits per heavy atom. The van der Waals surface area contributed by atoms with Gasteiger partial charge in [0.05, 0.1) is 5.69 Å². The fraction of sp³-hybridized carbons (Fsp3) is 0.294. The van der Waals surface area contributed by atoms with Gasteiger partial charge in [-0.15, -0.1) is 0 Å². The van der Waals surface area contributed by atoms with Crippen LogP contribution in [0.1, 0.15) is 24.7 Å². The van der Waals surface area contributed by atoms with Gasteiger partial charge in [-0.25, -0.2) is 4.98 Å². The zero-order valence-electron chi connectivity index (χ0n) is 12.7. The number of fused-ring (bicyclic) bond motifs is 1. The minimum absolute atomic E-state index is 0.914. The molecular formula is C17H20N4. The molecule has 0 saturated carbocycles. The predicted octanol–water partition coefficient (Wildman–Crippen LogP) is 3.84. The molecule has 4 nitrogen and oxygen atoms in total. The molecule has 0 aliphatic heterocycles. The lowest BCUT2D eigenvalue weighted by Crippen LogP contribution is -2.07. The second-order valence-electron chi connectivity index (χ2n) is 5.27. The van der Waals surface area contributed by atoms with Gasteiger partial charge in [0, 0.05) is 23.9 Å². The molecule has 0 bridgehead atoms. The standard InChI is InChI=1S/C17H20N4/c1-4-10-18-15-11-12(2)19-17-16(13(3)20-21(15)17)14-8-6-5-7-9-14/h5-9,11,18H,4,10H2,1-3H3. The molecule has 2 heterocycles. The van der Waals surface area contributed by atoms with Gasteiger partial charge in [-0.3, -0.25) is 0 Å². The number of anilines is 1. The van der Waals surface area contributed by atoms with Gasteiger partial charge in [0.2, 0.25) is 0 Å². The average molecular weight is 280 g/mol. The van der Waals surface area contributed by atoms with Crippen LogP contribution in [0, 0.1) is 13.8 Å². The Kier molecular flexibility index (Phi) is 3.60. The first-order valence-electron chi connectivity index (χ1n) is 7.37. The average Bonchev–Trinajstić information content (AvgIpc) is 2.81. The number of nitrogens with zero attached hydrogens (tertiary/aromatic N) is 3. The van der Waals surface area contributed by atoms with Crippen LogP contribution < -0.4 is 5.32 Å². The van der Waals surface area contributed by atoms with E-state index in [9.17, 15) is 0 Å². The molecule has 0 amide bonds. The van der Waals surface area contributed by atoms with Gasteiger partial charge in [-0.05, 0) is 25.8 Å². The fourth-order valence-electron chi connectivity index (χ4n) is 2.57. The minimum Gasteiger partial charge on any atom is -0.370 e. The Labute approximate surface area is 124 Å². The summed E-state index contributed by atoms with van der Waals surface area (Å²) in [7, 11) is 0. The van der Waals surface area contributed by atoms with Gasteiger partial charge in [0.1, 0.15) is 5.82 Å². The van der Waals surface area contributed by atoms with Crippen molar-refractivity contribution in [2.45, 2.75) is 27.2 Å². The van der Waals surface area contributed by atoms with Crippen LogP contribution >= 0.6 is 0 Å². The van der Waals surface area contributed by atoms with Crippen LogP contribution in [-0.2, 0) is 0 Å². The molecule has 0 radical (unpaired) electrons. The number of nitrogens with one attached hydrogen (secondary N) is 1. The summed E-state index contributed by atoms with van der Waals surface area (Å²) in [4.78, 5) is 4.70. The molecule has 4 heteroatoms. The summed E-state index contributed by atoms with van der Waals surface area (Å²) in [6.45, 7) is 7.14. The zero-order valence-corrected chi connectivity index (χ0v) is 12.7. The van der Waals surface area contributed by atoms with Gasteiger partial charge < -0.3 is 5.32 Å². The molecule has 2 aromatic heterocycles. The lowest BCUT2D eigenvalue weighted by Gasteiger charge is -2.08. The fourth-order valence-corrected chi connectivity index (χ4v) is 2.57. The van der Waals surface area contributed by atoms with Crippen molar-refractivity contribution in [3.8, 4) is 11.1 Å². The maximum Gasteiger partial charge on any atom is 0.165 e. The summed E-state index contributed by atoms with van der Waals surface area (Å²) in [6, 6.07) is 12.4. The highest BCUT2D eigenvalue weighted by Gasteiger charge is 2.15. The van der Waals surface area contributed by atoms with E-state index in [-0.39, 0.29) is 0 Å². The van der Waals surface area contributed by atoms with E-state index in [0.717, 1.165) is 46.9 Å². The first-order chi connectivity index (χ1) is 10.2. The van der Waals surface area contributed by atoms with Crippen LogP contribution in [0.3, 0.4) is 0 Å². The summed E-state index contributed by atoms with van der Waals surface area (Å²) >= 11 is 0. The number of rotatable bonds is 4. The molecule has 0 atom stereocenters. The summed E-state index contributed by atoms with van der Waals surface area (Å²) < 4.78 is 1.92. The highest BCUT2D eigenvalue weighted by atomic mass is 15.3. The van der Waals surface area contributed by atoms with E-state index in [1.54, 1.807) is 0 Å². The summed E-state index contributed by atoms with van der Waals surface area (Å²) in [6.07, 6.45) is 1.08. The van der Waals surface area contributed by atoms with Crippen molar-refractivity contribution >= 4 is 11.5 Å². The molecule has 0 aliphatic rings. The Hall–Kier alpha value is -2.36. The van der Waals surface area contributed by atoms with Gasteiger partial charge in [0.25, 0.3) is 0 Å². The van der Waals surface area contributed by atoms with E-state index in [0.29, 0.717) is 0 Å². The van der Waals surface area contributed by atoms with Crippen molar-refractivity contribution in [3.63, 3.8) is 0 Å². The highest BCUT2D eigenvalue weighted by molar-refractivity contribution is 5.80. The van der Waals surface area contributed by atoms with Gasteiger partial charge in [-0.2, -0.15) is 9.61 Å². The van der Waals surface area contributed by atoms with Gasteiger partial charge in [0.15, 0.2) is 5.65 Å². The van der Waals surface area contributed by atoms with Crippen molar-refractivity contribution in [2.75, 3.05) is 11.9 Å². The summed E-state index contributed by atoms with van der Waals surface area (Å²) in [5, 5.41) is 8.11. The first kappa shape index (κ1) is 13.6. The number of aromatic nitrogens is 3. The monoisotopic (exact) mass is 280 g/mol. The van der Waals surface area contributed by atoms with E-state index in [2.05, 4.69) is 29.5 Å². The SMILES string of the molecule is CCCNc1cc(C)nc2c(-c3ccccc3)c(C)nn12. The Morgan fingerprint density at radius 2 is 1.90 bits per heavy atom. The van der Waals surface area contributed by atoms with Gasteiger partial charge in [-0.1, -0.05) is 37.3 Å². The number of aryl methyl sites for hydroxylation is 2. The molecule has 21 heavy (non-hydrogen) atoms. The van der Waals surface area contributed by atoms with Crippen LogP contribution in [0.5, 0.6) is 0 Å². The molecule has 0 unspecified atom stereocenters. The molecule has 108 valence electrons. The largest absolute Gasteiger partial charge is 0.370 e. The van der Waals surface area contributed by atoms with Crippen molar-refractivity contribution in [2.24, 2.45) is 0 Å². The molecule has 1 aromatic carbocycles. The lowest BCUT2D eigenvalue weighted by atomic mass is 10.1. The molecule has 3 aromatic rings. The summed E-state index contributed by atoms with van der Waals surface area (Å²) in [5.41, 5.74) is 5.18. The third-order valence-electron chi connectivity index (χ3n) is 3.51. The normalized spacial score (nSPS) is 11.0. The van der Waals surface area contributed by atoms with Crippen LogP contribution in [0.15, 0.2) is 36.4 Å². The summed E-state index contributed by atoms with van der Waals surface area (Å²) in [5.74, 6) is 1.00. The Morgan fingerprint density at radius 3 is 2.62 bits per heavy atom. The molecule has 0 fully saturated rings. The Bertz CT molecular complexity index is 759. The quantitative estimate of drug-likeness (QED) is 0.789. The lowest BCUT2D eigenvalue weighted by molar-refractivity contribution is 0.885. The van der Waals surface area contributed by atoms with E-state index in [4.69, 9.17) is 4.98 Å². The Balaban J connectivity index is 2.23. The maximum atomic E-state index is 4.70. The number of hydrogen-bond donors (Lipinski definition) is 1. The third-order valence-corrected chi connectivity index (χ3v) is 3.51. The van der Waals surface area contributed by atoms with Crippen molar-refractivity contribution < 1.29 is 0 Å². The van der Waals surface area contributed by atoms with Gasteiger partial charge >= 0.3 is 0 Å². The molecular weight excluding hydrogens is 260 g/mol. The van der Waals surface area contributed by atoms with E-state index >= 15 is 0 Å². The zero-order chi connectivity index (χ0) is 14.8. The van der Waals surface area contributed by atoms with E-state index in [1.807, 2.05) is 42.6 Å². The van der Waals surface area contributed by atoms with Crippen LogP contribution in [0.25, 0.3) is 16.8 Å². The third kappa shape index (κ3) is 2.49. The van der Waals surface area contributed by atoms with Crippen LogP contribution in [-0.4, -0.2) is 21.1 Å². The maximum absolute atomic E-state index is 4.70. The second kappa shape index (κ2) is 5.56. The molecule has 0 spiro atoms. The molecule has 1 N–H and O–H groups in total. The minimum atomic E-state index is 0.914. The van der Waals surface area contributed by atoms with Crippen molar-refractivity contribution in [1.82, 2.24) is 14.6 Å². The molecule has 0 aliphatic carbocycles. The van der Waals surface area contributed by atoms with Crippen LogP contribution in [0.2, 0.25) is 0 Å². The predicted molar refractivity (Wildman–Crippen MR) is 86.7 cm³/mol. The van der Waals surface area contributed by atoms with Crippen molar-refractivity contribution in [1.29, 1.82) is 0 Å². The number of benzene rings is 1. The van der Waals surface area contributed by atoms with Crippen molar-refractivity contribution in [3.05, 3.63) is 47.8 Å².